The van der Waals surface area contributed by atoms with E-state index in [4.69, 9.17) is 0 Å². The number of nitrogens with one attached hydrogen (secondary N) is 1. The third-order valence-electron chi connectivity index (χ3n) is 2.74. The molecule has 4 nitrogen and oxygen atoms in total. The molecule has 0 saturated carbocycles. The third kappa shape index (κ3) is 4.12. The van der Waals surface area contributed by atoms with E-state index in [1.54, 1.807) is 0 Å². The predicted molar refractivity (Wildman–Crippen MR) is 66.4 cm³/mol. The zero-order valence-corrected chi connectivity index (χ0v) is 11.3. The highest BCUT2D eigenvalue weighted by atomic mass is 79.9. The number of nitrogens with zero attached hydrogens (tertiary/aromatic N) is 1. The number of carbonyl (C=O) groups excluding carboxylic acids is 2. The molecule has 1 atom stereocenters. The lowest BCUT2D eigenvalue weighted by Gasteiger charge is -2.15. The zero-order chi connectivity index (χ0) is 12.0. The Kier molecular flexibility index (Phi) is 5.80. The summed E-state index contributed by atoms with van der Waals surface area (Å²) in [6, 6.07) is 0. The number of carbonyl (C=O) groups is 2. The van der Waals surface area contributed by atoms with E-state index in [0.29, 0.717) is 13.0 Å². The van der Waals surface area contributed by atoms with Crippen molar-refractivity contribution in [2.75, 3.05) is 19.6 Å². The summed E-state index contributed by atoms with van der Waals surface area (Å²) >= 11 is 3.27. The lowest BCUT2D eigenvalue weighted by atomic mass is 10.3. The molecule has 0 aliphatic carbocycles. The van der Waals surface area contributed by atoms with Crippen LogP contribution in [0, 0.1) is 0 Å². The van der Waals surface area contributed by atoms with Gasteiger partial charge in [0.1, 0.15) is 0 Å². The van der Waals surface area contributed by atoms with Gasteiger partial charge >= 0.3 is 0 Å². The Balaban J connectivity index is 2.14. The molecule has 1 unspecified atom stereocenters. The molecule has 16 heavy (non-hydrogen) atoms. The summed E-state index contributed by atoms with van der Waals surface area (Å²) in [7, 11) is 0. The summed E-state index contributed by atoms with van der Waals surface area (Å²) < 4.78 is 0. The Morgan fingerprint density at radius 2 is 2.00 bits per heavy atom. The molecule has 2 amide bonds. The summed E-state index contributed by atoms with van der Waals surface area (Å²) in [6.45, 7) is 4.14. The van der Waals surface area contributed by atoms with E-state index in [-0.39, 0.29) is 16.6 Å². The van der Waals surface area contributed by atoms with Crippen LogP contribution in [-0.4, -0.2) is 41.2 Å². The van der Waals surface area contributed by atoms with E-state index in [9.17, 15) is 9.59 Å². The van der Waals surface area contributed by atoms with Crippen molar-refractivity contribution in [3.8, 4) is 0 Å². The molecule has 5 heteroatoms. The monoisotopic (exact) mass is 290 g/mol. The standard InChI is InChI=1S/C11H19BrN2O2/c1-2-9(12)11(16)13-6-5-10(15)14-7-3-4-8-14/h9H,2-8H2,1H3,(H,13,16). The topological polar surface area (TPSA) is 49.4 Å². The predicted octanol–water partition coefficient (Wildman–Crippen LogP) is 1.29. The van der Waals surface area contributed by atoms with E-state index in [2.05, 4.69) is 21.2 Å². The van der Waals surface area contributed by atoms with E-state index in [1.807, 2.05) is 11.8 Å². The molecule has 0 spiro atoms. The molecular weight excluding hydrogens is 272 g/mol. The number of halogens is 1. The number of likely N-dealkylation sites (tertiary alicyclic amines) is 1. The first-order chi connectivity index (χ1) is 7.65. The van der Waals surface area contributed by atoms with Gasteiger partial charge in [0.15, 0.2) is 0 Å². The maximum atomic E-state index is 11.6. The average Bonchev–Trinajstić information content (AvgIpc) is 2.81. The number of rotatable bonds is 5. The minimum absolute atomic E-state index is 0.0308. The van der Waals surface area contributed by atoms with Crippen molar-refractivity contribution in [3.05, 3.63) is 0 Å². The molecular formula is C11H19BrN2O2. The minimum Gasteiger partial charge on any atom is -0.355 e. The normalized spacial score (nSPS) is 17.2. The van der Waals surface area contributed by atoms with Crippen LogP contribution in [0.15, 0.2) is 0 Å². The summed E-state index contributed by atoms with van der Waals surface area (Å²) in [5.41, 5.74) is 0. The molecule has 0 aromatic rings. The fraction of sp³-hybridized carbons (Fsp3) is 0.818. The van der Waals surface area contributed by atoms with Gasteiger partial charge in [0, 0.05) is 26.1 Å². The average molecular weight is 291 g/mol. The lowest BCUT2D eigenvalue weighted by Crippen LogP contribution is -2.35. The minimum atomic E-state index is -0.144. The van der Waals surface area contributed by atoms with E-state index in [1.165, 1.54) is 0 Å². The quantitative estimate of drug-likeness (QED) is 0.776. The van der Waals surface area contributed by atoms with Crippen molar-refractivity contribution < 1.29 is 9.59 Å². The zero-order valence-electron chi connectivity index (χ0n) is 9.67. The van der Waals surface area contributed by atoms with Gasteiger partial charge in [0.25, 0.3) is 0 Å². The Morgan fingerprint density at radius 1 is 1.38 bits per heavy atom. The summed E-state index contributed by atoms with van der Waals surface area (Å²) in [5.74, 6) is 0.122. The van der Waals surface area contributed by atoms with Crippen LogP contribution in [0.25, 0.3) is 0 Å². The van der Waals surface area contributed by atoms with Gasteiger partial charge in [0.2, 0.25) is 11.8 Å². The first-order valence-electron chi connectivity index (χ1n) is 5.84. The second-order valence-corrected chi connectivity index (χ2v) is 5.11. The maximum Gasteiger partial charge on any atom is 0.233 e. The summed E-state index contributed by atoms with van der Waals surface area (Å²) in [6.07, 6.45) is 3.38. The molecule has 1 aliphatic heterocycles. The largest absolute Gasteiger partial charge is 0.355 e. The molecule has 92 valence electrons. The van der Waals surface area contributed by atoms with Gasteiger partial charge in [-0.1, -0.05) is 22.9 Å². The Bertz CT molecular complexity index is 252. The van der Waals surface area contributed by atoms with Crippen molar-refractivity contribution in [3.63, 3.8) is 0 Å². The Labute approximate surface area is 105 Å². The number of amides is 2. The highest BCUT2D eigenvalue weighted by molar-refractivity contribution is 9.10. The molecule has 1 fully saturated rings. The smallest absolute Gasteiger partial charge is 0.233 e. The van der Waals surface area contributed by atoms with Crippen LogP contribution in [-0.2, 0) is 9.59 Å². The summed E-state index contributed by atoms with van der Waals surface area (Å²) in [5, 5.41) is 2.75. The van der Waals surface area contributed by atoms with Crippen LogP contribution in [0.3, 0.4) is 0 Å². The SMILES string of the molecule is CCC(Br)C(=O)NCCC(=O)N1CCCC1. The van der Waals surface area contributed by atoms with Crippen LogP contribution >= 0.6 is 15.9 Å². The Morgan fingerprint density at radius 3 is 2.56 bits per heavy atom. The first kappa shape index (κ1) is 13.5. The summed E-state index contributed by atoms with van der Waals surface area (Å²) in [4.78, 5) is 24.8. The highest BCUT2D eigenvalue weighted by Crippen LogP contribution is 2.08. The van der Waals surface area contributed by atoms with Crippen LogP contribution < -0.4 is 5.32 Å². The van der Waals surface area contributed by atoms with Gasteiger partial charge in [0.05, 0.1) is 4.83 Å². The number of hydrogen-bond donors (Lipinski definition) is 1. The van der Waals surface area contributed by atoms with Crippen molar-refractivity contribution >= 4 is 27.7 Å². The molecule has 1 aliphatic rings. The van der Waals surface area contributed by atoms with E-state index >= 15 is 0 Å². The second-order valence-electron chi connectivity index (χ2n) is 4.00. The first-order valence-corrected chi connectivity index (χ1v) is 6.76. The van der Waals surface area contributed by atoms with Crippen LogP contribution in [0.1, 0.15) is 32.6 Å². The van der Waals surface area contributed by atoms with Gasteiger partial charge in [-0.15, -0.1) is 0 Å². The number of alkyl halides is 1. The number of hydrogen-bond acceptors (Lipinski definition) is 2. The third-order valence-corrected chi connectivity index (χ3v) is 3.80. The van der Waals surface area contributed by atoms with E-state index < -0.39 is 0 Å². The highest BCUT2D eigenvalue weighted by Gasteiger charge is 2.18. The fourth-order valence-corrected chi connectivity index (χ4v) is 1.88. The molecule has 0 bridgehead atoms. The second kappa shape index (κ2) is 6.89. The molecule has 0 aromatic carbocycles. The van der Waals surface area contributed by atoms with Gasteiger partial charge in [-0.05, 0) is 19.3 Å². The van der Waals surface area contributed by atoms with Crippen LogP contribution in [0.4, 0.5) is 0 Å². The van der Waals surface area contributed by atoms with E-state index in [0.717, 1.165) is 32.4 Å². The molecule has 0 radical (unpaired) electrons. The van der Waals surface area contributed by atoms with Crippen LogP contribution in [0.5, 0.6) is 0 Å². The molecule has 1 heterocycles. The molecule has 1 N–H and O–H groups in total. The fourth-order valence-electron chi connectivity index (χ4n) is 1.71. The van der Waals surface area contributed by atoms with Crippen molar-refractivity contribution in [1.82, 2.24) is 10.2 Å². The van der Waals surface area contributed by atoms with Crippen molar-refractivity contribution in [2.45, 2.75) is 37.4 Å². The Hall–Kier alpha value is -0.580. The molecule has 1 saturated heterocycles. The van der Waals surface area contributed by atoms with Gasteiger partial charge in [-0.3, -0.25) is 9.59 Å². The van der Waals surface area contributed by atoms with Gasteiger partial charge < -0.3 is 10.2 Å². The van der Waals surface area contributed by atoms with Crippen molar-refractivity contribution in [2.24, 2.45) is 0 Å². The van der Waals surface area contributed by atoms with Crippen molar-refractivity contribution in [1.29, 1.82) is 0 Å². The maximum absolute atomic E-state index is 11.6. The van der Waals surface area contributed by atoms with Crippen LogP contribution in [0.2, 0.25) is 0 Å². The molecule has 1 rings (SSSR count). The van der Waals surface area contributed by atoms with Gasteiger partial charge in [-0.25, -0.2) is 0 Å². The molecule has 0 aromatic heterocycles. The lowest BCUT2D eigenvalue weighted by molar-refractivity contribution is -0.130. The van der Waals surface area contributed by atoms with Gasteiger partial charge in [-0.2, -0.15) is 0 Å².